The van der Waals surface area contributed by atoms with E-state index in [2.05, 4.69) is 29.4 Å². The van der Waals surface area contributed by atoms with E-state index in [4.69, 9.17) is 4.74 Å². The van der Waals surface area contributed by atoms with E-state index >= 15 is 0 Å². The lowest BCUT2D eigenvalue weighted by molar-refractivity contribution is -0.113. The van der Waals surface area contributed by atoms with Gasteiger partial charge >= 0.3 is 0 Å². The molecule has 4 aromatic rings. The highest BCUT2D eigenvalue weighted by Gasteiger charge is 2.17. The summed E-state index contributed by atoms with van der Waals surface area (Å²) in [6, 6.07) is 25.7. The SMILES string of the molecule is Cc1ccc(OCc2nnc(SCC(=O)Nc3ccccc3C(C)C)n2-c2ccccc2)cc1. The summed E-state index contributed by atoms with van der Waals surface area (Å²) >= 11 is 1.35. The summed E-state index contributed by atoms with van der Waals surface area (Å²) in [6.07, 6.45) is 0. The van der Waals surface area contributed by atoms with Gasteiger partial charge in [-0.25, -0.2) is 0 Å². The Kier molecular flexibility index (Phi) is 7.65. The molecule has 0 aliphatic carbocycles. The zero-order valence-electron chi connectivity index (χ0n) is 19.6. The molecule has 0 saturated carbocycles. The van der Waals surface area contributed by atoms with Crippen molar-refractivity contribution in [2.45, 2.75) is 38.5 Å². The van der Waals surface area contributed by atoms with E-state index in [9.17, 15) is 4.79 Å². The van der Waals surface area contributed by atoms with E-state index in [1.165, 1.54) is 17.3 Å². The van der Waals surface area contributed by atoms with Crippen molar-refractivity contribution in [1.82, 2.24) is 14.8 Å². The molecule has 0 radical (unpaired) electrons. The lowest BCUT2D eigenvalue weighted by Gasteiger charge is -2.14. The van der Waals surface area contributed by atoms with E-state index < -0.39 is 0 Å². The van der Waals surface area contributed by atoms with E-state index in [1.54, 1.807) is 0 Å². The molecule has 1 aromatic heterocycles. The van der Waals surface area contributed by atoms with Crippen LogP contribution < -0.4 is 10.1 Å². The van der Waals surface area contributed by atoms with Crippen LogP contribution in [0.5, 0.6) is 5.75 Å². The van der Waals surface area contributed by atoms with Gasteiger partial charge in [0.1, 0.15) is 12.4 Å². The maximum atomic E-state index is 12.7. The van der Waals surface area contributed by atoms with E-state index in [0.29, 0.717) is 16.9 Å². The third-order valence-electron chi connectivity index (χ3n) is 5.29. The molecule has 0 bridgehead atoms. The number of thioether (sulfide) groups is 1. The number of ether oxygens (including phenoxy) is 1. The van der Waals surface area contributed by atoms with Crippen molar-refractivity contribution in [3.63, 3.8) is 0 Å². The second-order valence-corrected chi connectivity index (χ2v) is 9.19. The van der Waals surface area contributed by atoms with Gasteiger partial charge in [0.2, 0.25) is 5.91 Å². The largest absolute Gasteiger partial charge is 0.486 e. The Balaban J connectivity index is 1.49. The third-order valence-corrected chi connectivity index (χ3v) is 6.22. The molecule has 0 atom stereocenters. The molecule has 1 amide bonds. The van der Waals surface area contributed by atoms with Crippen molar-refractivity contribution in [1.29, 1.82) is 0 Å². The summed E-state index contributed by atoms with van der Waals surface area (Å²) < 4.78 is 7.89. The van der Waals surface area contributed by atoms with Crippen LogP contribution in [0.15, 0.2) is 84.0 Å². The van der Waals surface area contributed by atoms with Crippen LogP contribution in [0, 0.1) is 6.92 Å². The van der Waals surface area contributed by atoms with Gasteiger partial charge in [-0.2, -0.15) is 0 Å². The summed E-state index contributed by atoms with van der Waals surface area (Å²) in [5, 5.41) is 12.4. The number of aromatic nitrogens is 3. The number of carbonyl (C=O) groups excluding carboxylic acids is 1. The topological polar surface area (TPSA) is 69.0 Å². The Hall–Kier alpha value is -3.58. The Morgan fingerprint density at radius 3 is 2.41 bits per heavy atom. The molecular weight excluding hydrogens is 444 g/mol. The molecule has 0 spiro atoms. The molecule has 0 aliphatic rings. The van der Waals surface area contributed by atoms with Gasteiger partial charge in [-0.15, -0.1) is 10.2 Å². The smallest absolute Gasteiger partial charge is 0.234 e. The number of para-hydroxylation sites is 2. The number of hydrogen-bond donors (Lipinski definition) is 1. The highest BCUT2D eigenvalue weighted by atomic mass is 32.2. The Morgan fingerprint density at radius 2 is 1.68 bits per heavy atom. The number of aryl methyl sites for hydroxylation is 1. The van der Waals surface area contributed by atoms with E-state index in [1.807, 2.05) is 90.4 Å². The zero-order valence-corrected chi connectivity index (χ0v) is 20.4. The van der Waals surface area contributed by atoms with Gasteiger partial charge in [0.25, 0.3) is 0 Å². The quantitative estimate of drug-likeness (QED) is 0.302. The van der Waals surface area contributed by atoms with Gasteiger partial charge in [-0.3, -0.25) is 9.36 Å². The first-order valence-corrected chi connectivity index (χ1v) is 12.2. The van der Waals surface area contributed by atoms with Gasteiger partial charge in [0.15, 0.2) is 11.0 Å². The molecule has 174 valence electrons. The van der Waals surface area contributed by atoms with Gasteiger partial charge in [-0.05, 0) is 48.7 Å². The first-order valence-electron chi connectivity index (χ1n) is 11.2. The van der Waals surface area contributed by atoms with Crippen LogP contribution in [0.3, 0.4) is 0 Å². The highest BCUT2D eigenvalue weighted by Crippen LogP contribution is 2.26. The van der Waals surface area contributed by atoms with Crippen LogP contribution in [0.2, 0.25) is 0 Å². The summed E-state index contributed by atoms with van der Waals surface area (Å²) in [7, 11) is 0. The molecule has 0 aliphatic heterocycles. The minimum atomic E-state index is -0.0850. The second kappa shape index (κ2) is 11.0. The predicted octanol–water partition coefficient (Wildman–Crippen LogP) is 6.01. The Morgan fingerprint density at radius 1 is 0.971 bits per heavy atom. The molecular formula is C27H28N4O2S. The summed E-state index contributed by atoms with van der Waals surface area (Å²) in [5.41, 5.74) is 4.06. The number of benzene rings is 3. The molecule has 7 heteroatoms. The first-order chi connectivity index (χ1) is 16.5. The Labute approximate surface area is 204 Å². The van der Waals surface area contributed by atoms with Crippen LogP contribution >= 0.6 is 11.8 Å². The maximum absolute atomic E-state index is 12.7. The number of carbonyl (C=O) groups is 1. The summed E-state index contributed by atoms with van der Waals surface area (Å²) in [6.45, 7) is 6.53. The van der Waals surface area contributed by atoms with E-state index in [-0.39, 0.29) is 18.3 Å². The van der Waals surface area contributed by atoms with Crippen LogP contribution in [-0.4, -0.2) is 26.4 Å². The third kappa shape index (κ3) is 5.85. The lowest BCUT2D eigenvalue weighted by Crippen LogP contribution is -2.16. The Bertz CT molecular complexity index is 1240. The number of nitrogens with zero attached hydrogens (tertiary/aromatic N) is 3. The molecule has 4 rings (SSSR count). The van der Waals surface area contributed by atoms with Crippen LogP contribution in [0.25, 0.3) is 5.69 Å². The number of rotatable bonds is 9. The summed E-state index contributed by atoms with van der Waals surface area (Å²) in [4.78, 5) is 12.7. The maximum Gasteiger partial charge on any atom is 0.234 e. The fourth-order valence-corrected chi connectivity index (χ4v) is 4.31. The number of amides is 1. The molecule has 34 heavy (non-hydrogen) atoms. The number of nitrogens with one attached hydrogen (secondary N) is 1. The molecule has 0 fully saturated rings. The van der Waals surface area contributed by atoms with Crippen molar-refractivity contribution in [2.24, 2.45) is 0 Å². The second-order valence-electron chi connectivity index (χ2n) is 8.25. The monoisotopic (exact) mass is 472 g/mol. The molecule has 0 saturated heterocycles. The molecule has 1 N–H and O–H groups in total. The standard InChI is InChI=1S/C27H28N4O2S/c1-19(2)23-11-7-8-12-24(23)28-26(32)18-34-27-30-29-25(31(27)21-9-5-4-6-10-21)17-33-22-15-13-20(3)14-16-22/h4-16,19H,17-18H2,1-3H3,(H,28,32). The first kappa shape index (κ1) is 23.6. The number of hydrogen-bond acceptors (Lipinski definition) is 5. The molecule has 0 unspecified atom stereocenters. The fourth-order valence-electron chi connectivity index (χ4n) is 3.54. The van der Waals surface area contributed by atoms with Crippen LogP contribution in [0.4, 0.5) is 5.69 Å². The van der Waals surface area contributed by atoms with Gasteiger partial charge < -0.3 is 10.1 Å². The fraction of sp³-hybridized carbons (Fsp3) is 0.222. The minimum absolute atomic E-state index is 0.0850. The van der Waals surface area contributed by atoms with Crippen molar-refractivity contribution >= 4 is 23.4 Å². The predicted molar refractivity (Wildman–Crippen MR) is 137 cm³/mol. The average Bonchev–Trinajstić information content (AvgIpc) is 3.26. The van der Waals surface area contributed by atoms with Crippen molar-refractivity contribution in [3.8, 4) is 11.4 Å². The normalized spacial score (nSPS) is 10.9. The van der Waals surface area contributed by atoms with Gasteiger partial charge in [0, 0.05) is 11.4 Å². The summed E-state index contributed by atoms with van der Waals surface area (Å²) in [5.74, 6) is 1.89. The minimum Gasteiger partial charge on any atom is -0.486 e. The average molecular weight is 473 g/mol. The highest BCUT2D eigenvalue weighted by molar-refractivity contribution is 7.99. The van der Waals surface area contributed by atoms with Crippen LogP contribution in [-0.2, 0) is 11.4 Å². The van der Waals surface area contributed by atoms with Gasteiger partial charge in [-0.1, -0.05) is 79.7 Å². The van der Waals surface area contributed by atoms with Crippen LogP contribution in [0.1, 0.15) is 36.7 Å². The lowest BCUT2D eigenvalue weighted by atomic mass is 10.0. The van der Waals surface area contributed by atoms with Crippen molar-refractivity contribution < 1.29 is 9.53 Å². The zero-order chi connectivity index (χ0) is 23.9. The van der Waals surface area contributed by atoms with Gasteiger partial charge in [0.05, 0.1) is 5.75 Å². The molecule has 1 heterocycles. The van der Waals surface area contributed by atoms with E-state index in [0.717, 1.165) is 22.7 Å². The number of anilines is 1. The van der Waals surface area contributed by atoms with Crippen molar-refractivity contribution in [3.05, 3.63) is 95.8 Å². The van der Waals surface area contributed by atoms with Crippen molar-refractivity contribution in [2.75, 3.05) is 11.1 Å². The molecule has 3 aromatic carbocycles. The molecule has 6 nitrogen and oxygen atoms in total.